The number of nitrogens with zero attached hydrogens (tertiary/aromatic N) is 6. The average molecular weight is 555 g/mol. The number of nitrogens with one attached hydrogen (secondary N) is 2. The Hall–Kier alpha value is -3.38. The number of ether oxygens (including phenoxy) is 1. The van der Waals surface area contributed by atoms with Gasteiger partial charge < -0.3 is 20.3 Å². The SMILES string of the molecule is O=C(CN1CCCC1)NC1CCC(Nc2nc(N3CCOCC3)cc(-n3c(C(F)F)nc4ccccc43)n2)CC1. The first kappa shape index (κ1) is 26.8. The number of morpholine rings is 1. The average Bonchev–Trinajstić information content (AvgIpc) is 3.62. The number of rotatable bonds is 8. The van der Waals surface area contributed by atoms with E-state index in [0.29, 0.717) is 61.5 Å². The predicted molar refractivity (Wildman–Crippen MR) is 148 cm³/mol. The van der Waals surface area contributed by atoms with Crippen LogP contribution in [0.25, 0.3) is 16.9 Å². The molecular weight excluding hydrogens is 518 g/mol. The zero-order chi connectivity index (χ0) is 27.5. The largest absolute Gasteiger partial charge is 0.378 e. The number of halogens is 2. The van der Waals surface area contributed by atoms with Gasteiger partial charge in [0.15, 0.2) is 5.82 Å². The number of anilines is 2. The van der Waals surface area contributed by atoms with Crippen LogP contribution in [0.15, 0.2) is 30.3 Å². The molecule has 3 fully saturated rings. The second kappa shape index (κ2) is 12.0. The molecular formula is C28H36F2N8O2. The molecule has 4 heterocycles. The summed E-state index contributed by atoms with van der Waals surface area (Å²) in [6.45, 7) is 4.95. The Bertz CT molecular complexity index is 1310. The van der Waals surface area contributed by atoms with Crippen LogP contribution < -0.4 is 15.5 Å². The van der Waals surface area contributed by atoms with E-state index in [9.17, 15) is 13.6 Å². The molecule has 214 valence electrons. The van der Waals surface area contributed by atoms with E-state index < -0.39 is 6.43 Å². The highest BCUT2D eigenvalue weighted by Gasteiger charge is 2.26. The highest BCUT2D eigenvalue weighted by Crippen LogP contribution is 2.30. The van der Waals surface area contributed by atoms with E-state index in [2.05, 4.69) is 25.4 Å². The molecule has 1 saturated carbocycles. The predicted octanol–water partition coefficient (Wildman–Crippen LogP) is 3.52. The summed E-state index contributed by atoms with van der Waals surface area (Å²) in [6, 6.07) is 9.13. The smallest absolute Gasteiger partial charge is 0.296 e. The standard InChI is InChI=1S/C28H36F2N8O2/c29-26(30)27-33-21-5-1-2-6-22(21)38(27)24-17-23(37-13-15-40-16-14-37)34-28(35-24)32-20-9-7-19(8-10-20)31-25(39)18-36-11-3-4-12-36/h1-2,5-6,17,19-20,26H,3-4,7-16,18H2,(H,31,39)(H,32,34,35). The van der Waals surface area contributed by atoms with E-state index >= 15 is 0 Å². The number of likely N-dealkylation sites (tertiary alicyclic amines) is 1. The summed E-state index contributed by atoms with van der Waals surface area (Å²) in [4.78, 5) is 30.5. The van der Waals surface area contributed by atoms with E-state index in [1.54, 1.807) is 30.3 Å². The first-order chi connectivity index (χ1) is 19.5. The molecule has 6 rings (SSSR count). The van der Waals surface area contributed by atoms with Crippen LogP contribution in [0, 0.1) is 0 Å². The Kier molecular flexibility index (Phi) is 8.05. The van der Waals surface area contributed by atoms with Gasteiger partial charge in [0.1, 0.15) is 11.6 Å². The molecule has 0 spiro atoms. The maximum absolute atomic E-state index is 14.1. The van der Waals surface area contributed by atoms with Gasteiger partial charge in [0.25, 0.3) is 6.43 Å². The first-order valence-electron chi connectivity index (χ1n) is 14.3. The molecule has 1 amide bonds. The van der Waals surface area contributed by atoms with Crippen molar-refractivity contribution in [2.45, 2.75) is 57.0 Å². The Morgan fingerprint density at radius 3 is 2.40 bits per heavy atom. The molecule has 2 aliphatic heterocycles. The van der Waals surface area contributed by atoms with Crippen molar-refractivity contribution >= 4 is 28.7 Å². The second-order valence-corrected chi connectivity index (χ2v) is 10.8. The molecule has 0 atom stereocenters. The fourth-order valence-corrected chi connectivity index (χ4v) is 5.97. The summed E-state index contributed by atoms with van der Waals surface area (Å²) in [7, 11) is 0. The van der Waals surface area contributed by atoms with Crippen molar-refractivity contribution in [1.82, 2.24) is 29.7 Å². The molecule has 0 bridgehead atoms. The number of fused-ring (bicyclic) bond motifs is 1. The van der Waals surface area contributed by atoms with Crippen molar-refractivity contribution in [3.05, 3.63) is 36.2 Å². The molecule has 1 aromatic carbocycles. The minimum atomic E-state index is -2.76. The van der Waals surface area contributed by atoms with Gasteiger partial charge in [-0.15, -0.1) is 0 Å². The van der Waals surface area contributed by atoms with E-state index in [1.165, 1.54) is 17.4 Å². The van der Waals surface area contributed by atoms with Crippen LogP contribution in [0.5, 0.6) is 0 Å². The molecule has 0 unspecified atom stereocenters. The van der Waals surface area contributed by atoms with Crippen LogP contribution in [0.3, 0.4) is 0 Å². The molecule has 10 nitrogen and oxygen atoms in total. The van der Waals surface area contributed by atoms with Gasteiger partial charge in [0.2, 0.25) is 11.9 Å². The minimum Gasteiger partial charge on any atom is -0.378 e. The van der Waals surface area contributed by atoms with Crippen molar-refractivity contribution in [2.75, 3.05) is 56.2 Å². The second-order valence-electron chi connectivity index (χ2n) is 10.8. The summed E-state index contributed by atoms with van der Waals surface area (Å²) >= 11 is 0. The van der Waals surface area contributed by atoms with Gasteiger partial charge in [-0.05, 0) is 63.7 Å². The number of amides is 1. The van der Waals surface area contributed by atoms with Gasteiger partial charge in [-0.1, -0.05) is 12.1 Å². The zero-order valence-electron chi connectivity index (χ0n) is 22.6. The fraction of sp³-hybridized carbons (Fsp3) is 0.571. The van der Waals surface area contributed by atoms with E-state index in [-0.39, 0.29) is 23.8 Å². The Labute approximate surface area is 232 Å². The van der Waals surface area contributed by atoms with Crippen LogP contribution in [0.4, 0.5) is 20.5 Å². The zero-order valence-corrected chi connectivity index (χ0v) is 22.6. The summed E-state index contributed by atoms with van der Waals surface area (Å²) in [5.41, 5.74) is 1.06. The van der Waals surface area contributed by atoms with E-state index in [4.69, 9.17) is 14.7 Å². The van der Waals surface area contributed by atoms with Gasteiger partial charge in [-0.25, -0.2) is 13.8 Å². The molecule has 2 saturated heterocycles. The summed E-state index contributed by atoms with van der Waals surface area (Å²) in [5, 5.41) is 6.67. The molecule has 0 radical (unpaired) electrons. The van der Waals surface area contributed by atoms with Crippen LogP contribution in [0.1, 0.15) is 50.8 Å². The third-order valence-corrected chi connectivity index (χ3v) is 8.04. The molecule has 3 aromatic rings. The van der Waals surface area contributed by atoms with Gasteiger partial charge in [0.05, 0.1) is 30.8 Å². The van der Waals surface area contributed by atoms with Crippen molar-refractivity contribution < 1.29 is 18.3 Å². The number of carbonyl (C=O) groups is 1. The minimum absolute atomic E-state index is 0.104. The monoisotopic (exact) mass is 554 g/mol. The fourth-order valence-electron chi connectivity index (χ4n) is 5.97. The Balaban J connectivity index is 1.20. The van der Waals surface area contributed by atoms with Crippen LogP contribution in [0.2, 0.25) is 0 Å². The molecule has 12 heteroatoms. The van der Waals surface area contributed by atoms with Gasteiger partial charge in [-0.3, -0.25) is 14.3 Å². The van der Waals surface area contributed by atoms with Gasteiger partial charge in [0, 0.05) is 31.2 Å². The lowest BCUT2D eigenvalue weighted by Crippen LogP contribution is -2.44. The highest BCUT2D eigenvalue weighted by molar-refractivity contribution is 5.79. The number of para-hydroxylation sites is 2. The van der Waals surface area contributed by atoms with E-state index in [1.807, 2.05) is 0 Å². The molecule has 3 aliphatic rings. The normalized spacial score (nSPS) is 22.2. The van der Waals surface area contributed by atoms with Gasteiger partial charge in [-0.2, -0.15) is 9.97 Å². The van der Waals surface area contributed by atoms with Crippen molar-refractivity contribution in [1.29, 1.82) is 0 Å². The number of carbonyl (C=O) groups excluding carboxylic acids is 1. The number of alkyl halides is 2. The van der Waals surface area contributed by atoms with Crippen molar-refractivity contribution in [2.24, 2.45) is 0 Å². The number of aromatic nitrogens is 4. The lowest BCUT2D eigenvalue weighted by molar-refractivity contribution is -0.122. The van der Waals surface area contributed by atoms with Crippen molar-refractivity contribution in [3.8, 4) is 5.82 Å². The first-order valence-corrected chi connectivity index (χ1v) is 14.3. The summed E-state index contributed by atoms with van der Waals surface area (Å²) < 4.78 is 35.2. The Morgan fingerprint density at radius 2 is 1.65 bits per heavy atom. The third kappa shape index (κ3) is 6.02. The maximum Gasteiger partial charge on any atom is 0.296 e. The highest BCUT2D eigenvalue weighted by atomic mass is 19.3. The number of imidazole rings is 1. The topological polar surface area (TPSA) is 100 Å². The van der Waals surface area contributed by atoms with Crippen LogP contribution >= 0.6 is 0 Å². The molecule has 2 aromatic heterocycles. The van der Waals surface area contributed by atoms with Gasteiger partial charge >= 0.3 is 0 Å². The molecule has 40 heavy (non-hydrogen) atoms. The van der Waals surface area contributed by atoms with E-state index in [0.717, 1.165) is 38.8 Å². The number of benzene rings is 1. The third-order valence-electron chi connectivity index (χ3n) is 8.04. The van der Waals surface area contributed by atoms with Crippen LogP contribution in [-0.2, 0) is 9.53 Å². The molecule has 2 N–H and O–H groups in total. The van der Waals surface area contributed by atoms with Crippen LogP contribution in [-0.4, -0.2) is 88.3 Å². The number of hydrogen-bond acceptors (Lipinski definition) is 8. The lowest BCUT2D eigenvalue weighted by Gasteiger charge is -2.31. The lowest BCUT2D eigenvalue weighted by atomic mass is 9.91. The maximum atomic E-state index is 14.1. The quantitative estimate of drug-likeness (QED) is 0.436. The number of hydrogen-bond donors (Lipinski definition) is 2. The summed E-state index contributed by atoms with van der Waals surface area (Å²) in [6.07, 6.45) is 3.00. The summed E-state index contributed by atoms with van der Waals surface area (Å²) in [5.74, 6) is 1.18. The Morgan fingerprint density at radius 1 is 0.950 bits per heavy atom. The molecule has 1 aliphatic carbocycles. The van der Waals surface area contributed by atoms with Crippen molar-refractivity contribution in [3.63, 3.8) is 0 Å².